The Kier molecular flexibility index (Phi) is 8.71. The molecule has 0 saturated carbocycles. The minimum Gasteiger partial charge on any atom is -0.495 e. The second-order valence-corrected chi connectivity index (χ2v) is 9.35. The van der Waals surface area contributed by atoms with Gasteiger partial charge in [-0.25, -0.2) is 0 Å². The van der Waals surface area contributed by atoms with E-state index in [-0.39, 0.29) is 18.0 Å². The third kappa shape index (κ3) is 5.67. The van der Waals surface area contributed by atoms with E-state index >= 15 is 0 Å². The molecule has 8 nitrogen and oxygen atoms in total. The SMILES string of the molecule is [B]c1cc(CCN)cc([B])c1OCCCNC(=O)C1=NO[C@@]2(C=C(Br)C(OC)=C(Br)[C@H]2O)C1. The maximum atomic E-state index is 12.5. The third-order valence-corrected chi connectivity index (χ3v) is 6.62. The van der Waals surface area contributed by atoms with Gasteiger partial charge in [-0.05, 0) is 62.9 Å². The molecule has 4 N–H and O–H groups in total. The largest absolute Gasteiger partial charge is 0.495 e. The van der Waals surface area contributed by atoms with E-state index in [0.29, 0.717) is 63.9 Å². The van der Waals surface area contributed by atoms with Gasteiger partial charge in [-0.3, -0.25) is 4.79 Å². The molecule has 1 aliphatic carbocycles. The molecule has 0 saturated heterocycles. The molecule has 4 radical (unpaired) electrons. The summed E-state index contributed by atoms with van der Waals surface area (Å²) >= 11 is 6.72. The van der Waals surface area contributed by atoms with Gasteiger partial charge in [0.15, 0.2) is 5.60 Å². The highest BCUT2D eigenvalue weighted by Gasteiger charge is 2.50. The average molecular weight is 579 g/mol. The van der Waals surface area contributed by atoms with E-state index in [2.05, 4.69) is 42.3 Å². The lowest BCUT2D eigenvalue weighted by Gasteiger charge is -2.33. The number of carbonyl (C=O) groups excluding carboxylic acids is 1. The van der Waals surface area contributed by atoms with Crippen molar-refractivity contribution in [2.45, 2.75) is 31.0 Å². The summed E-state index contributed by atoms with van der Waals surface area (Å²) < 4.78 is 12.0. The number of hydrogen-bond acceptors (Lipinski definition) is 7. The lowest BCUT2D eigenvalue weighted by Crippen LogP contribution is -2.45. The Bertz CT molecular complexity index is 995. The van der Waals surface area contributed by atoms with E-state index in [9.17, 15) is 9.90 Å². The molecule has 0 bridgehead atoms. The molecule has 33 heavy (non-hydrogen) atoms. The van der Waals surface area contributed by atoms with Crippen LogP contribution in [0, 0.1) is 0 Å². The van der Waals surface area contributed by atoms with Crippen molar-refractivity contribution in [2.24, 2.45) is 10.9 Å². The van der Waals surface area contributed by atoms with Crippen LogP contribution in [-0.2, 0) is 20.8 Å². The van der Waals surface area contributed by atoms with Crippen molar-refractivity contribution < 1.29 is 24.2 Å². The van der Waals surface area contributed by atoms with Gasteiger partial charge in [-0.1, -0.05) is 28.2 Å². The second-order valence-electron chi connectivity index (χ2n) is 7.64. The summed E-state index contributed by atoms with van der Waals surface area (Å²) in [6, 6.07) is 3.59. The summed E-state index contributed by atoms with van der Waals surface area (Å²) in [4.78, 5) is 18.0. The number of carbonyl (C=O) groups is 1. The first-order valence-electron chi connectivity index (χ1n) is 10.3. The van der Waals surface area contributed by atoms with Crippen molar-refractivity contribution in [3.8, 4) is 5.75 Å². The molecule has 1 spiro atoms. The van der Waals surface area contributed by atoms with Crippen LogP contribution in [-0.4, -0.2) is 70.9 Å². The second kappa shape index (κ2) is 11.1. The van der Waals surface area contributed by atoms with Crippen molar-refractivity contribution >= 4 is 70.1 Å². The van der Waals surface area contributed by atoms with Gasteiger partial charge in [0.1, 0.15) is 39.0 Å². The van der Waals surface area contributed by atoms with Gasteiger partial charge in [0.05, 0.1) is 22.7 Å². The molecule has 1 aromatic carbocycles. The standard InChI is InChI=1S/C21H23B2Br2N3O5/c1-31-18-14(24)9-21(19(29)16(18)25)10-15(28-33-21)20(30)27-5-2-6-32-17-12(22)7-11(3-4-26)8-13(17)23/h7-9,19,29H,2-6,10,26H2,1H3,(H,27,30)/t19-,21+/m1/s1. The molecule has 2 aliphatic rings. The van der Waals surface area contributed by atoms with Crippen LogP contribution >= 0.6 is 31.9 Å². The van der Waals surface area contributed by atoms with Crippen LogP contribution in [0.15, 0.2) is 38.1 Å². The first-order chi connectivity index (χ1) is 15.7. The van der Waals surface area contributed by atoms with Crippen molar-refractivity contribution in [1.29, 1.82) is 0 Å². The number of nitrogens with one attached hydrogen (secondary N) is 1. The number of amides is 1. The number of aliphatic hydroxyl groups is 1. The number of allylic oxidation sites excluding steroid dienone is 1. The molecule has 3 rings (SSSR count). The molecule has 0 aromatic heterocycles. The molecule has 172 valence electrons. The van der Waals surface area contributed by atoms with E-state index in [1.54, 1.807) is 18.2 Å². The van der Waals surface area contributed by atoms with Crippen LogP contribution < -0.4 is 26.7 Å². The fourth-order valence-corrected chi connectivity index (χ4v) is 5.38. The number of nitrogens with zero attached hydrogens (tertiary/aromatic N) is 1. The van der Waals surface area contributed by atoms with E-state index in [0.717, 1.165) is 5.56 Å². The van der Waals surface area contributed by atoms with Gasteiger partial charge in [-0.2, -0.15) is 0 Å². The van der Waals surface area contributed by atoms with Crippen LogP contribution in [0.2, 0.25) is 0 Å². The van der Waals surface area contributed by atoms with Gasteiger partial charge < -0.3 is 30.5 Å². The number of nitrogens with two attached hydrogens (primary N) is 1. The van der Waals surface area contributed by atoms with Gasteiger partial charge in [0, 0.05) is 13.0 Å². The monoisotopic (exact) mass is 577 g/mol. The molecular formula is C21H23B2Br2N3O5. The fourth-order valence-electron chi connectivity index (χ4n) is 3.59. The fraction of sp³-hybridized carbons (Fsp3) is 0.429. The minimum absolute atomic E-state index is 0.0971. The van der Waals surface area contributed by atoms with Crippen molar-refractivity contribution in [2.75, 3.05) is 26.8 Å². The Morgan fingerprint density at radius 1 is 1.39 bits per heavy atom. The first kappa shape index (κ1) is 25.9. The van der Waals surface area contributed by atoms with Crippen LogP contribution in [0.5, 0.6) is 5.75 Å². The number of oxime groups is 1. The summed E-state index contributed by atoms with van der Waals surface area (Å²) in [5.41, 5.74) is 6.40. The van der Waals surface area contributed by atoms with E-state index in [1.165, 1.54) is 7.11 Å². The van der Waals surface area contributed by atoms with Crippen LogP contribution in [0.25, 0.3) is 0 Å². The van der Waals surface area contributed by atoms with E-state index < -0.39 is 11.7 Å². The molecule has 0 fully saturated rings. The number of rotatable bonds is 9. The Balaban J connectivity index is 1.48. The summed E-state index contributed by atoms with van der Waals surface area (Å²) in [5, 5.41) is 17.3. The summed E-state index contributed by atoms with van der Waals surface area (Å²) in [5.74, 6) is 0.492. The molecule has 1 amide bonds. The van der Waals surface area contributed by atoms with Crippen molar-refractivity contribution in [3.05, 3.63) is 38.5 Å². The van der Waals surface area contributed by atoms with Crippen LogP contribution in [0.1, 0.15) is 18.4 Å². The quantitative estimate of drug-likeness (QED) is 0.283. The molecular weight excluding hydrogens is 556 g/mol. The number of halogens is 2. The smallest absolute Gasteiger partial charge is 0.269 e. The zero-order chi connectivity index (χ0) is 24.2. The Hall–Kier alpha value is -1.75. The van der Waals surface area contributed by atoms with Crippen LogP contribution in [0.4, 0.5) is 0 Å². The molecule has 0 unspecified atom stereocenters. The Labute approximate surface area is 212 Å². The number of hydrogen-bond donors (Lipinski definition) is 3. The minimum atomic E-state index is -1.19. The van der Waals surface area contributed by atoms with E-state index in [1.807, 2.05) is 0 Å². The predicted molar refractivity (Wildman–Crippen MR) is 135 cm³/mol. The van der Waals surface area contributed by atoms with Crippen molar-refractivity contribution in [3.63, 3.8) is 0 Å². The van der Waals surface area contributed by atoms with Gasteiger partial charge in [0.2, 0.25) is 0 Å². The lowest BCUT2D eigenvalue weighted by atomic mass is 9.83. The Morgan fingerprint density at radius 2 is 2.09 bits per heavy atom. The van der Waals surface area contributed by atoms with Gasteiger partial charge >= 0.3 is 0 Å². The highest BCUT2D eigenvalue weighted by Crippen LogP contribution is 2.43. The number of ether oxygens (including phenoxy) is 2. The number of methoxy groups -OCH3 is 1. The predicted octanol–water partition coefficient (Wildman–Crippen LogP) is 0.0818. The van der Waals surface area contributed by atoms with Gasteiger partial charge in [-0.15, -0.1) is 0 Å². The summed E-state index contributed by atoms with van der Waals surface area (Å²) in [6.07, 6.45) is 1.86. The topological polar surface area (TPSA) is 115 Å². The highest BCUT2D eigenvalue weighted by atomic mass is 79.9. The molecule has 1 heterocycles. The maximum absolute atomic E-state index is 12.5. The summed E-state index contributed by atoms with van der Waals surface area (Å²) in [7, 11) is 13.5. The lowest BCUT2D eigenvalue weighted by molar-refractivity contribution is -0.114. The normalized spacial score (nSPS) is 22.0. The molecule has 1 aromatic rings. The highest BCUT2D eigenvalue weighted by molar-refractivity contribution is 9.12. The first-order valence-corrected chi connectivity index (χ1v) is 11.9. The maximum Gasteiger partial charge on any atom is 0.269 e. The van der Waals surface area contributed by atoms with E-state index in [4.69, 9.17) is 35.7 Å². The zero-order valence-electron chi connectivity index (χ0n) is 18.1. The number of benzene rings is 1. The third-order valence-electron chi connectivity index (χ3n) is 5.24. The van der Waals surface area contributed by atoms with Gasteiger partial charge in [0.25, 0.3) is 5.91 Å². The average Bonchev–Trinajstić information content (AvgIpc) is 3.19. The summed E-state index contributed by atoms with van der Waals surface area (Å²) in [6.45, 7) is 1.16. The van der Waals surface area contributed by atoms with Crippen LogP contribution in [0.3, 0.4) is 0 Å². The van der Waals surface area contributed by atoms with Crippen molar-refractivity contribution in [1.82, 2.24) is 5.32 Å². The zero-order valence-corrected chi connectivity index (χ0v) is 21.2. The molecule has 2 atom stereocenters. The Morgan fingerprint density at radius 3 is 2.73 bits per heavy atom. The molecule has 12 heteroatoms. The molecule has 1 aliphatic heterocycles. The number of aliphatic hydroxyl groups excluding tert-OH is 1.